The molecule has 1 aromatic carbocycles. The van der Waals surface area contributed by atoms with Gasteiger partial charge in [0.2, 0.25) is 0 Å². The van der Waals surface area contributed by atoms with E-state index in [1.807, 2.05) is 19.1 Å². The molecule has 0 saturated carbocycles. The number of benzene rings is 1. The largest absolute Gasteiger partial charge is 0.345 e. The number of aryl methyl sites for hydroxylation is 1. The maximum Gasteiger partial charge on any atom is 0.251 e. The zero-order valence-electron chi connectivity index (χ0n) is 11.6. The fourth-order valence-corrected chi connectivity index (χ4v) is 1.98. The Balaban J connectivity index is 2.15. The average Bonchev–Trinajstić information content (AvgIpc) is 2.48. The second kappa shape index (κ2) is 6.28. The number of hydrogen-bond donors (Lipinski definition) is 1. The third-order valence-electron chi connectivity index (χ3n) is 3.23. The van der Waals surface area contributed by atoms with Crippen molar-refractivity contribution in [3.63, 3.8) is 0 Å². The number of nitrogens with zero attached hydrogens (tertiary/aromatic N) is 1. The van der Waals surface area contributed by atoms with Gasteiger partial charge in [0.1, 0.15) is 5.82 Å². The first-order valence-corrected chi connectivity index (χ1v) is 6.58. The van der Waals surface area contributed by atoms with E-state index in [0.29, 0.717) is 11.1 Å². The van der Waals surface area contributed by atoms with Crippen LogP contribution in [0.2, 0.25) is 0 Å². The number of nitrogens with one attached hydrogen (secondary N) is 1. The van der Waals surface area contributed by atoms with Gasteiger partial charge in [0.05, 0.1) is 6.04 Å². The highest BCUT2D eigenvalue weighted by Gasteiger charge is 2.15. The van der Waals surface area contributed by atoms with Crippen molar-refractivity contribution >= 4 is 5.91 Å². The lowest BCUT2D eigenvalue weighted by molar-refractivity contribution is 0.0935. The first-order chi connectivity index (χ1) is 9.61. The number of carbonyl (C=O) groups is 1. The first-order valence-electron chi connectivity index (χ1n) is 6.58. The summed E-state index contributed by atoms with van der Waals surface area (Å²) in [6.45, 7) is 3.65. The van der Waals surface area contributed by atoms with Crippen LogP contribution in [0.3, 0.4) is 0 Å². The van der Waals surface area contributed by atoms with Gasteiger partial charge >= 0.3 is 0 Å². The zero-order valence-corrected chi connectivity index (χ0v) is 11.6. The summed E-state index contributed by atoms with van der Waals surface area (Å²) in [7, 11) is 0. The Morgan fingerprint density at radius 1 is 1.40 bits per heavy atom. The van der Waals surface area contributed by atoms with Crippen molar-refractivity contribution in [2.45, 2.75) is 26.3 Å². The quantitative estimate of drug-likeness (QED) is 0.926. The van der Waals surface area contributed by atoms with E-state index in [0.717, 1.165) is 12.0 Å². The lowest BCUT2D eigenvalue weighted by Gasteiger charge is -2.17. The molecule has 104 valence electrons. The SMILES string of the molecule is CCC(NC(=O)c1ccc(C)c(F)c1)c1cccnc1. The molecule has 2 rings (SSSR count). The molecule has 0 saturated heterocycles. The standard InChI is InChI=1S/C16H17FN2O/c1-3-15(13-5-4-8-18-10-13)19-16(20)12-7-6-11(2)14(17)9-12/h4-10,15H,3H2,1-2H3,(H,19,20). The second-order valence-electron chi connectivity index (χ2n) is 4.68. The summed E-state index contributed by atoms with van der Waals surface area (Å²) in [5.74, 6) is -0.647. The predicted octanol–water partition coefficient (Wildman–Crippen LogP) is 3.41. The molecule has 2 aromatic rings. The van der Waals surface area contributed by atoms with E-state index in [1.165, 1.54) is 6.07 Å². The van der Waals surface area contributed by atoms with E-state index in [-0.39, 0.29) is 17.8 Å². The van der Waals surface area contributed by atoms with Gasteiger partial charge in [-0.1, -0.05) is 19.1 Å². The molecule has 20 heavy (non-hydrogen) atoms. The highest BCUT2D eigenvalue weighted by molar-refractivity contribution is 5.94. The molecule has 3 nitrogen and oxygen atoms in total. The van der Waals surface area contributed by atoms with E-state index < -0.39 is 0 Å². The Bertz CT molecular complexity index is 599. The first kappa shape index (κ1) is 14.2. The van der Waals surface area contributed by atoms with Crippen LogP contribution in [0.1, 0.15) is 40.9 Å². The minimum absolute atomic E-state index is 0.124. The van der Waals surface area contributed by atoms with Gasteiger partial charge in [0, 0.05) is 18.0 Å². The second-order valence-corrected chi connectivity index (χ2v) is 4.68. The van der Waals surface area contributed by atoms with Crippen LogP contribution in [0.15, 0.2) is 42.7 Å². The highest BCUT2D eigenvalue weighted by Crippen LogP contribution is 2.16. The summed E-state index contributed by atoms with van der Waals surface area (Å²) in [5.41, 5.74) is 1.80. The van der Waals surface area contributed by atoms with E-state index in [2.05, 4.69) is 10.3 Å². The molecule has 0 bridgehead atoms. The van der Waals surface area contributed by atoms with Crippen LogP contribution < -0.4 is 5.32 Å². The number of halogens is 1. The fraction of sp³-hybridized carbons (Fsp3) is 0.250. The molecule has 1 aromatic heterocycles. The minimum Gasteiger partial charge on any atom is -0.345 e. The van der Waals surface area contributed by atoms with Gasteiger partial charge in [-0.15, -0.1) is 0 Å². The molecular weight excluding hydrogens is 255 g/mol. The van der Waals surface area contributed by atoms with Gasteiger partial charge in [0.15, 0.2) is 0 Å². The average molecular weight is 272 g/mol. The Morgan fingerprint density at radius 2 is 2.20 bits per heavy atom. The zero-order chi connectivity index (χ0) is 14.5. The molecule has 0 radical (unpaired) electrons. The normalized spacial score (nSPS) is 11.9. The maximum atomic E-state index is 13.5. The van der Waals surface area contributed by atoms with Crippen LogP contribution in [0.4, 0.5) is 4.39 Å². The summed E-state index contributed by atoms with van der Waals surface area (Å²) in [6.07, 6.45) is 4.16. The molecule has 0 aliphatic rings. The molecule has 1 heterocycles. The van der Waals surface area contributed by atoms with Crippen molar-refractivity contribution in [2.75, 3.05) is 0 Å². The van der Waals surface area contributed by atoms with Crippen LogP contribution in [-0.4, -0.2) is 10.9 Å². The van der Waals surface area contributed by atoms with Crippen molar-refractivity contribution < 1.29 is 9.18 Å². The van der Waals surface area contributed by atoms with Crippen molar-refractivity contribution in [3.8, 4) is 0 Å². The van der Waals surface area contributed by atoms with E-state index in [1.54, 1.807) is 31.5 Å². The molecule has 1 atom stereocenters. The van der Waals surface area contributed by atoms with Crippen molar-refractivity contribution in [1.29, 1.82) is 0 Å². The molecule has 0 spiro atoms. The molecule has 1 unspecified atom stereocenters. The smallest absolute Gasteiger partial charge is 0.251 e. The third-order valence-corrected chi connectivity index (χ3v) is 3.23. The van der Waals surface area contributed by atoms with Gasteiger partial charge in [-0.05, 0) is 42.7 Å². The molecule has 0 aliphatic heterocycles. The Hall–Kier alpha value is -2.23. The van der Waals surface area contributed by atoms with E-state index >= 15 is 0 Å². The topological polar surface area (TPSA) is 42.0 Å². The molecule has 1 amide bonds. The minimum atomic E-state index is -0.368. The van der Waals surface area contributed by atoms with Crippen LogP contribution >= 0.6 is 0 Å². The Kier molecular flexibility index (Phi) is 4.45. The summed E-state index contributed by atoms with van der Waals surface area (Å²) in [5, 5.41) is 2.90. The van der Waals surface area contributed by atoms with Crippen LogP contribution in [0.25, 0.3) is 0 Å². The van der Waals surface area contributed by atoms with E-state index in [4.69, 9.17) is 0 Å². The van der Waals surface area contributed by atoms with Gasteiger partial charge in [0.25, 0.3) is 5.91 Å². The monoisotopic (exact) mass is 272 g/mol. The predicted molar refractivity (Wildman–Crippen MR) is 75.9 cm³/mol. The lowest BCUT2D eigenvalue weighted by atomic mass is 10.1. The summed E-state index contributed by atoms with van der Waals surface area (Å²) in [6, 6.07) is 8.12. The molecule has 4 heteroatoms. The number of amides is 1. The van der Waals surface area contributed by atoms with Crippen molar-refractivity contribution in [3.05, 3.63) is 65.2 Å². The van der Waals surface area contributed by atoms with E-state index in [9.17, 15) is 9.18 Å². The number of aromatic nitrogens is 1. The van der Waals surface area contributed by atoms with Crippen LogP contribution in [-0.2, 0) is 0 Å². The summed E-state index contributed by atoms with van der Waals surface area (Å²) >= 11 is 0. The number of pyridine rings is 1. The summed E-state index contributed by atoms with van der Waals surface area (Å²) < 4.78 is 13.5. The fourth-order valence-electron chi connectivity index (χ4n) is 1.98. The molecule has 1 N–H and O–H groups in total. The number of carbonyl (C=O) groups excluding carboxylic acids is 1. The molecule has 0 aliphatic carbocycles. The van der Waals surface area contributed by atoms with Crippen molar-refractivity contribution in [2.24, 2.45) is 0 Å². The summed E-state index contributed by atoms with van der Waals surface area (Å²) in [4.78, 5) is 16.2. The third kappa shape index (κ3) is 3.20. The Labute approximate surface area is 117 Å². The van der Waals surface area contributed by atoms with Crippen molar-refractivity contribution in [1.82, 2.24) is 10.3 Å². The number of hydrogen-bond acceptors (Lipinski definition) is 2. The van der Waals surface area contributed by atoms with Crippen LogP contribution in [0, 0.1) is 12.7 Å². The lowest BCUT2D eigenvalue weighted by Crippen LogP contribution is -2.28. The van der Waals surface area contributed by atoms with Gasteiger partial charge in [-0.2, -0.15) is 0 Å². The van der Waals surface area contributed by atoms with Gasteiger partial charge in [-0.25, -0.2) is 4.39 Å². The number of rotatable bonds is 4. The Morgan fingerprint density at radius 3 is 2.80 bits per heavy atom. The molecular formula is C16H17FN2O. The van der Waals surface area contributed by atoms with Crippen LogP contribution in [0.5, 0.6) is 0 Å². The molecule has 0 fully saturated rings. The highest BCUT2D eigenvalue weighted by atomic mass is 19.1. The van der Waals surface area contributed by atoms with Gasteiger partial charge < -0.3 is 5.32 Å². The maximum absolute atomic E-state index is 13.5. The van der Waals surface area contributed by atoms with Gasteiger partial charge in [-0.3, -0.25) is 9.78 Å².